The van der Waals surface area contributed by atoms with E-state index < -0.39 is 0 Å². The van der Waals surface area contributed by atoms with Gasteiger partial charge in [-0.1, -0.05) is 30.0 Å². The van der Waals surface area contributed by atoms with Gasteiger partial charge in [0.25, 0.3) is 0 Å². The Kier molecular flexibility index (Phi) is 5.21. The Morgan fingerprint density at radius 2 is 2.05 bits per heavy atom. The van der Waals surface area contributed by atoms with Crippen LogP contribution in [0.3, 0.4) is 0 Å². The van der Waals surface area contributed by atoms with Gasteiger partial charge in [-0.25, -0.2) is 0 Å². The van der Waals surface area contributed by atoms with E-state index in [9.17, 15) is 0 Å². The first-order valence-electron chi connectivity index (χ1n) is 5.83. The molecule has 0 atom stereocenters. The number of pyridine rings is 1. The fraction of sp³-hybridized carbons (Fsp3) is 0.188. The third-order valence-electron chi connectivity index (χ3n) is 2.47. The van der Waals surface area contributed by atoms with Gasteiger partial charge in [0, 0.05) is 21.4 Å². The van der Waals surface area contributed by atoms with Crippen molar-refractivity contribution in [3.8, 4) is 24.2 Å². The minimum Gasteiger partial charge on any atom is -0.255 e. The van der Waals surface area contributed by atoms with Crippen LogP contribution >= 0.6 is 23.5 Å². The van der Waals surface area contributed by atoms with Crippen LogP contribution in [0.1, 0.15) is 6.92 Å². The van der Waals surface area contributed by atoms with E-state index >= 15 is 0 Å². The quantitative estimate of drug-likeness (QED) is 0.620. The van der Waals surface area contributed by atoms with Crippen molar-refractivity contribution in [3.63, 3.8) is 0 Å². The van der Waals surface area contributed by atoms with Crippen LogP contribution in [-0.2, 0) is 0 Å². The molecule has 1 heterocycles. The predicted molar refractivity (Wildman–Crippen MR) is 85.5 cm³/mol. The summed E-state index contributed by atoms with van der Waals surface area (Å²) in [5, 5.41) is 1.16. The summed E-state index contributed by atoms with van der Waals surface area (Å²) in [5.41, 5.74) is 1.01. The van der Waals surface area contributed by atoms with E-state index in [0.29, 0.717) is 5.75 Å². The second-order valence-electron chi connectivity index (χ2n) is 3.68. The van der Waals surface area contributed by atoms with E-state index in [4.69, 9.17) is 6.42 Å². The molecular weight excluding hydrogens is 270 g/mol. The van der Waals surface area contributed by atoms with E-state index in [1.54, 1.807) is 23.5 Å². The summed E-state index contributed by atoms with van der Waals surface area (Å²) in [7, 11) is 0. The predicted octanol–water partition coefficient (Wildman–Crippen LogP) is 4.08. The van der Waals surface area contributed by atoms with Crippen LogP contribution < -0.4 is 0 Å². The lowest BCUT2D eigenvalue weighted by Crippen LogP contribution is -1.88. The summed E-state index contributed by atoms with van der Waals surface area (Å²) in [6.45, 7) is 1.85. The molecule has 1 aromatic heterocycles. The number of hydrogen-bond donors (Lipinski definition) is 0. The molecule has 19 heavy (non-hydrogen) atoms. The molecule has 0 unspecified atom stereocenters. The molecule has 0 fully saturated rings. The summed E-state index contributed by atoms with van der Waals surface area (Å²) in [4.78, 5) is 6.86. The third-order valence-corrected chi connectivity index (χ3v) is 4.55. The molecule has 0 N–H and O–H groups in total. The molecule has 0 aliphatic heterocycles. The van der Waals surface area contributed by atoms with E-state index in [0.717, 1.165) is 21.6 Å². The zero-order valence-electron chi connectivity index (χ0n) is 10.6. The first kappa shape index (κ1) is 13.9. The van der Waals surface area contributed by atoms with Crippen LogP contribution in [0.25, 0.3) is 10.9 Å². The minimum atomic E-state index is 0.668. The van der Waals surface area contributed by atoms with Crippen molar-refractivity contribution < 1.29 is 0 Å². The number of fused-ring (bicyclic) bond motifs is 1. The molecule has 2 aromatic rings. The Morgan fingerprint density at radius 3 is 2.84 bits per heavy atom. The molecule has 1 aromatic carbocycles. The van der Waals surface area contributed by atoms with Crippen LogP contribution in [0.15, 0.2) is 40.3 Å². The van der Waals surface area contributed by atoms with Gasteiger partial charge < -0.3 is 0 Å². The Balaban J connectivity index is 2.42. The normalized spacial score (nSPS) is 9.68. The van der Waals surface area contributed by atoms with Crippen molar-refractivity contribution >= 4 is 34.4 Å². The highest BCUT2D eigenvalue weighted by Gasteiger charge is 2.09. The van der Waals surface area contributed by atoms with Gasteiger partial charge in [-0.15, -0.1) is 35.9 Å². The van der Waals surface area contributed by atoms with Gasteiger partial charge >= 0.3 is 0 Å². The second kappa shape index (κ2) is 7.14. The lowest BCUT2D eigenvalue weighted by molar-refractivity contribution is 1.20. The van der Waals surface area contributed by atoms with Gasteiger partial charge in [0.05, 0.1) is 17.0 Å². The molecule has 2 rings (SSSR count). The van der Waals surface area contributed by atoms with Gasteiger partial charge in [0.1, 0.15) is 0 Å². The third kappa shape index (κ3) is 3.47. The zero-order chi connectivity index (χ0) is 13.5. The van der Waals surface area contributed by atoms with Crippen LogP contribution in [0, 0.1) is 24.2 Å². The summed E-state index contributed by atoms with van der Waals surface area (Å²) < 4.78 is 0. The molecule has 3 heteroatoms. The molecule has 0 aliphatic carbocycles. The molecule has 0 spiro atoms. The number of benzene rings is 1. The fourth-order valence-corrected chi connectivity index (χ4v) is 3.49. The number of thioether (sulfide) groups is 2. The van der Waals surface area contributed by atoms with Crippen molar-refractivity contribution in [1.82, 2.24) is 4.98 Å². The van der Waals surface area contributed by atoms with Crippen molar-refractivity contribution in [1.29, 1.82) is 0 Å². The second-order valence-corrected chi connectivity index (χ2v) is 5.68. The maximum Gasteiger partial charge on any atom is 0.0714 e. The number of terminal acetylenes is 1. The van der Waals surface area contributed by atoms with Gasteiger partial charge in [0.2, 0.25) is 0 Å². The topological polar surface area (TPSA) is 12.9 Å². The standard InChI is InChI=1S/C16H13NS2/c1-3-5-11-18-15-12-17-14-9-7-6-8-13(14)16(15)19-10-4-2/h2,6-9,12H,10-11H2,1H3. The summed E-state index contributed by atoms with van der Waals surface area (Å²) in [6.07, 6.45) is 7.30. The molecule has 0 saturated heterocycles. The van der Waals surface area contributed by atoms with Gasteiger partial charge in [0.15, 0.2) is 0 Å². The van der Waals surface area contributed by atoms with Crippen molar-refractivity contribution in [2.75, 3.05) is 11.5 Å². The highest BCUT2D eigenvalue weighted by molar-refractivity contribution is 8.02. The SMILES string of the molecule is C#CCSc1c(SCC#CC)cnc2ccccc12. The molecule has 0 bridgehead atoms. The Morgan fingerprint density at radius 1 is 1.21 bits per heavy atom. The monoisotopic (exact) mass is 283 g/mol. The lowest BCUT2D eigenvalue weighted by atomic mass is 10.2. The maximum atomic E-state index is 5.38. The van der Waals surface area contributed by atoms with Gasteiger partial charge in [-0.05, 0) is 13.0 Å². The Hall–Kier alpha value is -1.55. The minimum absolute atomic E-state index is 0.668. The molecule has 0 amide bonds. The zero-order valence-corrected chi connectivity index (χ0v) is 12.3. The Labute approximate surface area is 122 Å². The van der Waals surface area contributed by atoms with E-state index in [1.807, 2.05) is 31.3 Å². The largest absolute Gasteiger partial charge is 0.255 e. The van der Waals surface area contributed by atoms with E-state index in [-0.39, 0.29) is 0 Å². The summed E-state index contributed by atoms with van der Waals surface area (Å²) >= 11 is 3.40. The first-order valence-corrected chi connectivity index (χ1v) is 7.80. The fourth-order valence-electron chi connectivity index (χ4n) is 1.65. The van der Waals surface area contributed by atoms with E-state index in [2.05, 4.69) is 28.8 Å². The molecular formula is C16H13NS2. The number of para-hydroxylation sites is 1. The van der Waals surface area contributed by atoms with Gasteiger partial charge in [-0.2, -0.15) is 0 Å². The van der Waals surface area contributed by atoms with Crippen LogP contribution in [0.2, 0.25) is 0 Å². The first-order chi connectivity index (χ1) is 9.36. The summed E-state index contributed by atoms with van der Waals surface area (Å²) in [5.74, 6) is 10.1. The van der Waals surface area contributed by atoms with Crippen LogP contribution in [0.5, 0.6) is 0 Å². The molecule has 94 valence electrons. The number of hydrogen-bond acceptors (Lipinski definition) is 3. The summed E-state index contributed by atoms with van der Waals surface area (Å²) in [6, 6.07) is 8.15. The molecule has 0 aliphatic rings. The lowest BCUT2D eigenvalue weighted by Gasteiger charge is -2.09. The van der Waals surface area contributed by atoms with Crippen molar-refractivity contribution in [2.45, 2.75) is 16.7 Å². The molecule has 0 saturated carbocycles. The number of nitrogens with zero attached hydrogens (tertiary/aromatic N) is 1. The smallest absolute Gasteiger partial charge is 0.0714 e. The van der Waals surface area contributed by atoms with Crippen molar-refractivity contribution in [3.05, 3.63) is 30.5 Å². The van der Waals surface area contributed by atoms with Gasteiger partial charge in [-0.3, -0.25) is 4.98 Å². The van der Waals surface area contributed by atoms with Crippen molar-refractivity contribution in [2.24, 2.45) is 0 Å². The number of rotatable bonds is 4. The Bertz CT molecular complexity index is 674. The molecule has 0 radical (unpaired) electrons. The van der Waals surface area contributed by atoms with E-state index in [1.165, 1.54) is 4.90 Å². The average molecular weight is 283 g/mol. The number of aromatic nitrogens is 1. The maximum absolute atomic E-state index is 5.38. The molecule has 1 nitrogen and oxygen atoms in total. The van der Waals surface area contributed by atoms with Crippen LogP contribution in [-0.4, -0.2) is 16.5 Å². The average Bonchev–Trinajstić information content (AvgIpc) is 2.46. The highest BCUT2D eigenvalue weighted by atomic mass is 32.2. The highest BCUT2D eigenvalue weighted by Crippen LogP contribution is 2.35. The van der Waals surface area contributed by atoms with Crippen LogP contribution in [0.4, 0.5) is 0 Å².